The van der Waals surface area contributed by atoms with Gasteiger partial charge in [-0.25, -0.2) is 0 Å². The van der Waals surface area contributed by atoms with Crippen LogP contribution in [0.3, 0.4) is 0 Å². The molecule has 0 amide bonds. The Kier molecular flexibility index (Phi) is 1.80. The average Bonchev–Trinajstić information content (AvgIpc) is 2.39. The van der Waals surface area contributed by atoms with Crippen LogP contribution in [-0.2, 0) is 0 Å². The quantitative estimate of drug-likeness (QED) is 0.584. The smallest absolute Gasteiger partial charge is 0.0349 e. The minimum atomic E-state index is 0.238. The van der Waals surface area contributed by atoms with Crippen LogP contribution < -0.4 is 5.32 Å². The molecule has 1 saturated carbocycles. The molecule has 0 saturated heterocycles. The Bertz CT molecular complexity index is 146. The molecule has 1 nitrogen and oxygen atoms in total. The van der Waals surface area contributed by atoms with Gasteiger partial charge in [0, 0.05) is 10.3 Å². The van der Waals surface area contributed by atoms with Crippen LogP contribution in [0, 0.1) is 5.92 Å². The van der Waals surface area contributed by atoms with Crippen LogP contribution in [0.4, 0.5) is 0 Å². The molecule has 1 rings (SSSR count). The molecule has 1 aliphatic rings. The molecule has 0 aromatic carbocycles. The summed E-state index contributed by atoms with van der Waals surface area (Å²) in [5, 5.41) is 3.31. The molecule has 1 aliphatic carbocycles. The van der Waals surface area contributed by atoms with E-state index in [0.717, 1.165) is 0 Å². The molecule has 2 atom stereocenters. The van der Waals surface area contributed by atoms with Crippen molar-refractivity contribution in [3.8, 4) is 0 Å². The summed E-state index contributed by atoms with van der Waals surface area (Å²) in [6, 6.07) is 0. The fourth-order valence-electron chi connectivity index (χ4n) is 1.64. The SMILES string of the molecule is CN[C@]1(C)C[C@]1(S)C(C)C. The fraction of sp³-hybridized carbons (Fsp3) is 1.00. The number of nitrogens with one attached hydrogen (secondary N) is 1. The van der Waals surface area contributed by atoms with Crippen molar-refractivity contribution < 1.29 is 0 Å². The van der Waals surface area contributed by atoms with Crippen LogP contribution in [0.1, 0.15) is 27.2 Å². The lowest BCUT2D eigenvalue weighted by atomic mass is 10.0. The molecule has 0 aliphatic heterocycles. The van der Waals surface area contributed by atoms with E-state index in [2.05, 4.69) is 38.7 Å². The molecule has 0 unspecified atom stereocenters. The highest BCUT2D eigenvalue weighted by atomic mass is 32.1. The van der Waals surface area contributed by atoms with Crippen molar-refractivity contribution in [2.75, 3.05) is 7.05 Å². The summed E-state index contributed by atoms with van der Waals surface area (Å²) in [5.41, 5.74) is 0.282. The zero-order chi connectivity index (χ0) is 7.99. The summed E-state index contributed by atoms with van der Waals surface area (Å²) in [6.07, 6.45) is 1.19. The first kappa shape index (κ1) is 8.41. The van der Waals surface area contributed by atoms with Crippen molar-refractivity contribution >= 4 is 12.6 Å². The van der Waals surface area contributed by atoms with E-state index in [0.29, 0.717) is 5.92 Å². The van der Waals surface area contributed by atoms with Crippen LogP contribution in [0.25, 0.3) is 0 Å². The van der Waals surface area contributed by atoms with Crippen molar-refractivity contribution in [3.63, 3.8) is 0 Å². The molecule has 1 fully saturated rings. The molecule has 0 aromatic heterocycles. The fourth-order valence-corrected chi connectivity index (χ4v) is 2.07. The average molecular weight is 159 g/mol. The van der Waals surface area contributed by atoms with Gasteiger partial charge in [-0.3, -0.25) is 0 Å². The summed E-state index contributed by atoms with van der Waals surface area (Å²) in [5.74, 6) is 0.660. The van der Waals surface area contributed by atoms with Crippen LogP contribution >= 0.6 is 12.6 Å². The molecule has 1 N–H and O–H groups in total. The lowest BCUT2D eigenvalue weighted by Gasteiger charge is -2.20. The van der Waals surface area contributed by atoms with Crippen LogP contribution in [0.5, 0.6) is 0 Å². The van der Waals surface area contributed by atoms with Crippen molar-refractivity contribution in [1.29, 1.82) is 0 Å². The van der Waals surface area contributed by atoms with E-state index in [1.807, 2.05) is 7.05 Å². The van der Waals surface area contributed by atoms with Crippen molar-refractivity contribution in [3.05, 3.63) is 0 Å². The Labute approximate surface area is 69.0 Å². The van der Waals surface area contributed by atoms with E-state index in [9.17, 15) is 0 Å². The summed E-state index contributed by atoms with van der Waals surface area (Å²) >= 11 is 4.66. The standard InChI is InChI=1S/C8H17NS/c1-6(2)8(10)5-7(8,3)9-4/h6,9-10H,5H2,1-4H3/t7-,8+/m1/s1. The van der Waals surface area contributed by atoms with Gasteiger partial charge in [0.1, 0.15) is 0 Å². The topological polar surface area (TPSA) is 12.0 Å². The van der Waals surface area contributed by atoms with E-state index in [-0.39, 0.29) is 10.3 Å². The highest BCUT2D eigenvalue weighted by Gasteiger charge is 2.62. The second kappa shape index (κ2) is 2.15. The minimum Gasteiger partial charge on any atom is -0.313 e. The number of rotatable bonds is 2. The third kappa shape index (κ3) is 0.892. The lowest BCUT2D eigenvalue weighted by Crippen LogP contribution is -2.34. The second-order valence-corrected chi connectivity index (χ2v) is 4.64. The Hall–Kier alpha value is 0.310. The van der Waals surface area contributed by atoms with Gasteiger partial charge in [-0.15, -0.1) is 0 Å². The second-order valence-electron chi connectivity index (χ2n) is 3.84. The lowest BCUT2D eigenvalue weighted by molar-refractivity contribution is 0.487. The van der Waals surface area contributed by atoms with Crippen molar-refractivity contribution in [1.82, 2.24) is 5.32 Å². The van der Waals surface area contributed by atoms with Crippen LogP contribution in [0.15, 0.2) is 0 Å². The normalized spacial score (nSPS) is 46.2. The van der Waals surface area contributed by atoms with E-state index >= 15 is 0 Å². The summed E-state index contributed by atoms with van der Waals surface area (Å²) < 4.78 is 0.238. The predicted octanol–water partition coefficient (Wildman–Crippen LogP) is 1.69. The monoisotopic (exact) mass is 159 g/mol. The Morgan fingerprint density at radius 1 is 1.50 bits per heavy atom. The molecule has 0 spiro atoms. The molecule has 60 valence electrons. The molecule has 10 heavy (non-hydrogen) atoms. The molecule has 0 aromatic rings. The summed E-state index contributed by atoms with van der Waals surface area (Å²) in [4.78, 5) is 0. The van der Waals surface area contributed by atoms with Gasteiger partial charge in [0.15, 0.2) is 0 Å². The molecule has 0 radical (unpaired) electrons. The molecule has 0 bridgehead atoms. The minimum absolute atomic E-state index is 0.238. The van der Waals surface area contributed by atoms with E-state index < -0.39 is 0 Å². The third-order valence-corrected chi connectivity index (χ3v) is 4.13. The Morgan fingerprint density at radius 2 is 2.00 bits per heavy atom. The maximum atomic E-state index is 4.66. The zero-order valence-corrected chi connectivity index (χ0v) is 8.13. The molecular weight excluding hydrogens is 142 g/mol. The Balaban J connectivity index is 2.63. The van der Waals surface area contributed by atoms with Gasteiger partial charge in [-0.2, -0.15) is 12.6 Å². The van der Waals surface area contributed by atoms with Gasteiger partial charge in [0.25, 0.3) is 0 Å². The van der Waals surface area contributed by atoms with Gasteiger partial charge in [0.05, 0.1) is 0 Å². The maximum absolute atomic E-state index is 4.66. The van der Waals surface area contributed by atoms with E-state index in [4.69, 9.17) is 0 Å². The van der Waals surface area contributed by atoms with Gasteiger partial charge in [0.2, 0.25) is 0 Å². The predicted molar refractivity (Wildman–Crippen MR) is 48.6 cm³/mol. The number of thiol groups is 1. The zero-order valence-electron chi connectivity index (χ0n) is 7.23. The van der Waals surface area contributed by atoms with Crippen molar-refractivity contribution in [2.24, 2.45) is 5.92 Å². The van der Waals surface area contributed by atoms with E-state index in [1.165, 1.54) is 6.42 Å². The van der Waals surface area contributed by atoms with Crippen LogP contribution in [-0.4, -0.2) is 17.3 Å². The first-order chi connectivity index (χ1) is 4.46. The molecule has 2 heteroatoms. The van der Waals surface area contributed by atoms with Gasteiger partial charge in [-0.05, 0) is 26.3 Å². The highest BCUT2D eigenvalue weighted by molar-refractivity contribution is 7.82. The number of hydrogen-bond donors (Lipinski definition) is 2. The van der Waals surface area contributed by atoms with Gasteiger partial charge in [-0.1, -0.05) is 13.8 Å². The first-order valence-corrected chi connectivity index (χ1v) is 4.32. The summed E-state index contributed by atoms with van der Waals surface area (Å²) in [7, 11) is 2.01. The Morgan fingerprint density at radius 3 is 2.10 bits per heavy atom. The summed E-state index contributed by atoms with van der Waals surface area (Å²) in [6.45, 7) is 6.70. The van der Waals surface area contributed by atoms with Crippen LogP contribution in [0.2, 0.25) is 0 Å². The highest BCUT2D eigenvalue weighted by Crippen LogP contribution is 2.57. The van der Waals surface area contributed by atoms with Crippen molar-refractivity contribution in [2.45, 2.75) is 37.5 Å². The largest absolute Gasteiger partial charge is 0.313 e. The maximum Gasteiger partial charge on any atom is 0.0349 e. The van der Waals surface area contributed by atoms with Gasteiger partial charge < -0.3 is 5.32 Å². The first-order valence-electron chi connectivity index (χ1n) is 3.87. The number of hydrogen-bond acceptors (Lipinski definition) is 2. The third-order valence-electron chi connectivity index (χ3n) is 2.96. The molecular formula is C8H17NS. The van der Waals surface area contributed by atoms with E-state index in [1.54, 1.807) is 0 Å². The molecule has 0 heterocycles. The van der Waals surface area contributed by atoms with Gasteiger partial charge >= 0.3 is 0 Å².